The smallest absolute Gasteiger partial charge is 0.226 e. The first-order valence-electron chi connectivity index (χ1n) is 6.57. The second-order valence-corrected chi connectivity index (χ2v) is 7.10. The van der Waals surface area contributed by atoms with Crippen LogP contribution in [0.15, 0.2) is 28.7 Å². The Morgan fingerprint density at radius 3 is 2.75 bits per heavy atom. The Balaban J connectivity index is 1.94. The van der Waals surface area contributed by atoms with Crippen molar-refractivity contribution in [3.8, 4) is 6.07 Å². The lowest BCUT2D eigenvalue weighted by atomic mass is 9.97. The van der Waals surface area contributed by atoms with Crippen LogP contribution in [0.3, 0.4) is 0 Å². The van der Waals surface area contributed by atoms with Gasteiger partial charge < -0.3 is 4.90 Å². The summed E-state index contributed by atoms with van der Waals surface area (Å²) in [6.45, 7) is 1.36. The molecule has 1 amide bonds. The molecule has 1 fully saturated rings. The van der Waals surface area contributed by atoms with E-state index in [-0.39, 0.29) is 10.7 Å². The van der Waals surface area contributed by atoms with Crippen LogP contribution in [0.5, 0.6) is 0 Å². The van der Waals surface area contributed by atoms with E-state index in [1.54, 1.807) is 11.8 Å². The first kappa shape index (κ1) is 15.4. The van der Waals surface area contributed by atoms with Gasteiger partial charge in [-0.2, -0.15) is 5.26 Å². The third kappa shape index (κ3) is 3.56. The summed E-state index contributed by atoms with van der Waals surface area (Å²) in [6.07, 6.45) is 3.92. The first-order chi connectivity index (χ1) is 9.58. The molecule has 106 valence electrons. The molecule has 0 aliphatic carbocycles. The van der Waals surface area contributed by atoms with Gasteiger partial charge in [0.05, 0.1) is 12.5 Å². The maximum absolute atomic E-state index is 12.3. The zero-order valence-electron chi connectivity index (χ0n) is 11.4. The molecule has 2 rings (SSSR count). The molecular formula is C15H17BrN2OS. The highest BCUT2D eigenvalue weighted by atomic mass is 79.9. The Hall–Kier alpha value is -0.990. The number of likely N-dealkylation sites (tertiary alicyclic amines) is 1. The number of thioether (sulfide) groups is 1. The summed E-state index contributed by atoms with van der Waals surface area (Å²) < 4.78 is 0.694. The molecule has 3 nitrogen and oxygen atoms in total. The lowest BCUT2D eigenvalue weighted by Crippen LogP contribution is -2.44. The molecule has 1 aliphatic heterocycles. The van der Waals surface area contributed by atoms with Crippen molar-refractivity contribution in [3.05, 3.63) is 34.3 Å². The largest absolute Gasteiger partial charge is 0.342 e. The molecule has 0 radical (unpaired) electrons. The summed E-state index contributed by atoms with van der Waals surface area (Å²) in [4.78, 5) is 14.2. The zero-order chi connectivity index (χ0) is 14.6. The number of nitriles is 1. The van der Waals surface area contributed by atoms with E-state index in [2.05, 4.69) is 22.0 Å². The number of rotatable bonds is 3. The molecular weight excluding hydrogens is 336 g/mol. The van der Waals surface area contributed by atoms with E-state index in [4.69, 9.17) is 0 Å². The van der Waals surface area contributed by atoms with Crippen molar-refractivity contribution in [1.29, 1.82) is 5.26 Å². The van der Waals surface area contributed by atoms with Crippen LogP contribution in [0.25, 0.3) is 0 Å². The fourth-order valence-electron chi connectivity index (χ4n) is 2.41. The highest BCUT2D eigenvalue weighted by Gasteiger charge is 2.35. The zero-order valence-corrected chi connectivity index (χ0v) is 13.8. The van der Waals surface area contributed by atoms with Crippen molar-refractivity contribution in [2.24, 2.45) is 0 Å². The molecule has 0 N–H and O–H groups in total. The summed E-state index contributed by atoms with van der Waals surface area (Å²) in [5.41, 5.74) is 1.02. The minimum absolute atomic E-state index is 0.149. The van der Waals surface area contributed by atoms with E-state index in [1.807, 2.05) is 35.4 Å². The Labute approximate surface area is 132 Å². The Bertz CT molecular complexity index is 533. The average Bonchev–Trinajstić information content (AvgIpc) is 2.47. The second kappa shape index (κ2) is 6.64. The summed E-state index contributed by atoms with van der Waals surface area (Å²) in [6, 6.07) is 10.2. The quantitative estimate of drug-likeness (QED) is 0.838. The van der Waals surface area contributed by atoms with Gasteiger partial charge in [0, 0.05) is 17.6 Å². The molecule has 0 atom stereocenters. The van der Waals surface area contributed by atoms with Crippen molar-refractivity contribution >= 4 is 33.6 Å². The van der Waals surface area contributed by atoms with Gasteiger partial charge in [0.25, 0.3) is 0 Å². The Morgan fingerprint density at radius 1 is 1.50 bits per heavy atom. The molecule has 0 spiro atoms. The monoisotopic (exact) mass is 352 g/mol. The third-order valence-electron chi connectivity index (χ3n) is 3.76. The van der Waals surface area contributed by atoms with Crippen LogP contribution in [0.1, 0.15) is 18.4 Å². The van der Waals surface area contributed by atoms with Crippen LogP contribution < -0.4 is 0 Å². The SMILES string of the molecule is CSC1(C#N)CCN(C(=O)Cc2cccc(Br)c2)CC1. The fourth-order valence-corrected chi connectivity index (χ4v) is 3.54. The van der Waals surface area contributed by atoms with E-state index in [9.17, 15) is 10.1 Å². The van der Waals surface area contributed by atoms with Crippen LogP contribution in [0.4, 0.5) is 0 Å². The number of hydrogen-bond donors (Lipinski definition) is 0. The van der Waals surface area contributed by atoms with Gasteiger partial charge in [-0.05, 0) is 36.8 Å². The van der Waals surface area contributed by atoms with Crippen LogP contribution >= 0.6 is 27.7 Å². The number of halogens is 1. The van der Waals surface area contributed by atoms with Gasteiger partial charge in [0.2, 0.25) is 5.91 Å². The van der Waals surface area contributed by atoms with Gasteiger partial charge in [-0.3, -0.25) is 4.79 Å². The molecule has 0 bridgehead atoms. The highest BCUT2D eigenvalue weighted by molar-refractivity contribution is 9.10. The third-order valence-corrected chi connectivity index (χ3v) is 5.54. The maximum Gasteiger partial charge on any atom is 0.226 e. The van der Waals surface area contributed by atoms with E-state index in [0.717, 1.165) is 22.9 Å². The normalized spacial score (nSPS) is 17.6. The fraction of sp³-hybridized carbons (Fsp3) is 0.467. The highest BCUT2D eigenvalue weighted by Crippen LogP contribution is 2.33. The first-order valence-corrected chi connectivity index (χ1v) is 8.59. The molecule has 5 heteroatoms. The predicted octanol–water partition coefficient (Wildman–Crippen LogP) is 3.24. The molecule has 1 aliphatic rings. The van der Waals surface area contributed by atoms with Crippen molar-refractivity contribution in [2.75, 3.05) is 19.3 Å². The molecule has 0 aromatic heterocycles. The van der Waals surface area contributed by atoms with E-state index in [1.165, 1.54) is 0 Å². The van der Waals surface area contributed by atoms with Crippen molar-refractivity contribution in [3.63, 3.8) is 0 Å². The van der Waals surface area contributed by atoms with Crippen LogP contribution in [0.2, 0.25) is 0 Å². The lowest BCUT2D eigenvalue weighted by molar-refractivity contribution is -0.131. The number of benzene rings is 1. The minimum atomic E-state index is -0.299. The molecule has 1 heterocycles. The number of amides is 1. The van der Waals surface area contributed by atoms with Crippen LogP contribution in [-0.4, -0.2) is 34.9 Å². The minimum Gasteiger partial charge on any atom is -0.342 e. The van der Waals surface area contributed by atoms with Gasteiger partial charge >= 0.3 is 0 Å². The summed E-state index contributed by atoms with van der Waals surface area (Å²) >= 11 is 5.03. The Kier molecular flexibility index (Phi) is 5.11. The number of piperidine rings is 1. The average molecular weight is 353 g/mol. The van der Waals surface area contributed by atoms with E-state index < -0.39 is 0 Å². The summed E-state index contributed by atoms with van der Waals surface area (Å²) in [5.74, 6) is 0.149. The summed E-state index contributed by atoms with van der Waals surface area (Å²) in [7, 11) is 0. The van der Waals surface area contributed by atoms with Gasteiger partial charge in [-0.15, -0.1) is 11.8 Å². The topological polar surface area (TPSA) is 44.1 Å². The van der Waals surface area contributed by atoms with E-state index in [0.29, 0.717) is 19.5 Å². The predicted molar refractivity (Wildman–Crippen MR) is 85.5 cm³/mol. The molecule has 20 heavy (non-hydrogen) atoms. The number of carbonyl (C=O) groups is 1. The molecule has 1 aromatic rings. The van der Waals surface area contributed by atoms with Gasteiger partial charge in [0.15, 0.2) is 0 Å². The second-order valence-electron chi connectivity index (χ2n) is 5.00. The Morgan fingerprint density at radius 2 is 2.20 bits per heavy atom. The van der Waals surface area contributed by atoms with E-state index >= 15 is 0 Å². The van der Waals surface area contributed by atoms with Gasteiger partial charge in [-0.25, -0.2) is 0 Å². The maximum atomic E-state index is 12.3. The number of carbonyl (C=O) groups excluding carboxylic acids is 1. The number of nitrogens with zero attached hydrogens (tertiary/aromatic N) is 2. The van der Waals surface area contributed by atoms with Crippen LogP contribution in [-0.2, 0) is 11.2 Å². The number of hydrogen-bond acceptors (Lipinski definition) is 3. The lowest BCUT2D eigenvalue weighted by Gasteiger charge is -2.36. The molecule has 1 aromatic carbocycles. The molecule has 0 saturated carbocycles. The standard InChI is InChI=1S/C15H17BrN2OS/c1-20-15(11-17)5-7-18(8-6-15)14(19)10-12-3-2-4-13(16)9-12/h2-4,9H,5-8,10H2,1H3. The molecule has 1 saturated heterocycles. The molecule has 0 unspecified atom stereocenters. The van der Waals surface area contributed by atoms with Crippen molar-refractivity contribution in [1.82, 2.24) is 4.90 Å². The van der Waals surface area contributed by atoms with Crippen molar-refractivity contribution < 1.29 is 4.79 Å². The van der Waals surface area contributed by atoms with Gasteiger partial charge in [0.1, 0.15) is 4.75 Å². The van der Waals surface area contributed by atoms with Crippen molar-refractivity contribution in [2.45, 2.75) is 24.0 Å². The van der Waals surface area contributed by atoms with Gasteiger partial charge in [-0.1, -0.05) is 28.1 Å². The van der Waals surface area contributed by atoms with Crippen LogP contribution in [0, 0.1) is 11.3 Å². The summed E-state index contributed by atoms with van der Waals surface area (Å²) in [5, 5.41) is 9.25.